The molecular weight excluding hydrogens is 374 g/mol. The number of rotatable bonds is 5. The second kappa shape index (κ2) is 7.52. The molecule has 0 spiro atoms. The van der Waals surface area contributed by atoms with Gasteiger partial charge in [-0.05, 0) is 71.7 Å². The second-order valence-electron chi connectivity index (χ2n) is 8.50. The van der Waals surface area contributed by atoms with Crippen LogP contribution in [0, 0.1) is 6.92 Å². The topological polar surface area (TPSA) is 69.6 Å². The van der Waals surface area contributed by atoms with Crippen LogP contribution >= 0.6 is 0 Å². The SMILES string of the molecule is Cc1c(NC(=O)C2(c3ccc(O)c(O)c3)CC2)cccc1-c1cccc(C(C)C)c1. The van der Waals surface area contributed by atoms with Crippen LogP contribution in [0.5, 0.6) is 11.5 Å². The van der Waals surface area contributed by atoms with Gasteiger partial charge in [0.2, 0.25) is 5.91 Å². The minimum atomic E-state index is -0.648. The third-order valence-electron chi connectivity index (χ3n) is 6.16. The lowest BCUT2D eigenvalue weighted by atomic mass is 9.93. The summed E-state index contributed by atoms with van der Waals surface area (Å²) in [6.07, 6.45) is 1.44. The minimum absolute atomic E-state index is 0.0798. The molecule has 4 heteroatoms. The quantitative estimate of drug-likeness (QED) is 0.469. The molecule has 154 valence electrons. The van der Waals surface area contributed by atoms with Gasteiger partial charge >= 0.3 is 0 Å². The number of hydrogen-bond acceptors (Lipinski definition) is 3. The van der Waals surface area contributed by atoms with E-state index in [0.29, 0.717) is 5.92 Å². The molecule has 1 amide bonds. The number of anilines is 1. The number of phenols is 2. The first-order chi connectivity index (χ1) is 14.3. The zero-order chi connectivity index (χ0) is 21.5. The van der Waals surface area contributed by atoms with Crippen molar-refractivity contribution < 1.29 is 15.0 Å². The molecule has 1 aliphatic carbocycles. The van der Waals surface area contributed by atoms with Crippen molar-refractivity contribution in [2.24, 2.45) is 0 Å². The summed E-state index contributed by atoms with van der Waals surface area (Å²) in [5.74, 6) is -0.00900. The fraction of sp³-hybridized carbons (Fsp3) is 0.269. The molecule has 0 radical (unpaired) electrons. The normalized spacial score (nSPS) is 14.5. The Morgan fingerprint density at radius 3 is 2.37 bits per heavy atom. The molecule has 0 bridgehead atoms. The van der Waals surface area contributed by atoms with E-state index in [4.69, 9.17) is 0 Å². The summed E-state index contributed by atoms with van der Waals surface area (Å²) in [6.45, 7) is 6.39. The van der Waals surface area contributed by atoms with E-state index in [9.17, 15) is 15.0 Å². The lowest BCUT2D eigenvalue weighted by Crippen LogP contribution is -2.28. The highest BCUT2D eigenvalue weighted by atomic mass is 16.3. The van der Waals surface area contributed by atoms with Crippen molar-refractivity contribution in [2.45, 2.75) is 44.9 Å². The smallest absolute Gasteiger partial charge is 0.235 e. The third-order valence-corrected chi connectivity index (χ3v) is 6.16. The number of nitrogens with one attached hydrogen (secondary N) is 1. The van der Waals surface area contributed by atoms with E-state index in [2.05, 4.69) is 49.5 Å². The largest absolute Gasteiger partial charge is 0.504 e. The van der Waals surface area contributed by atoms with Gasteiger partial charge in [-0.25, -0.2) is 0 Å². The standard InChI is InChI=1S/C26H27NO3/c1-16(2)18-6-4-7-19(14-18)21-8-5-9-22(17(21)3)27-25(30)26(12-13-26)20-10-11-23(28)24(29)15-20/h4-11,14-16,28-29H,12-13H2,1-3H3,(H,27,30). The van der Waals surface area contributed by atoms with Crippen LogP contribution in [-0.4, -0.2) is 16.1 Å². The summed E-state index contributed by atoms with van der Waals surface area (Å²) in [7, 11) is 0. The number of hydrogen-bond donors (Lipinski definition) is 3. The maximum atomic E-state index is 13.2. The van der Waals surface area contributed by atoms with Gasteiger partial charge in [-0.1, -0.05) is 56.3 Å². The lowest BCUT2D eigenvalue weighted by molar-refractivity contribution is -0.118. The Hall–Kier alpha value is -3.27. The van der Waals surface area contributed by atoms with Crippen LogP contribution in [0.2, 0.25) is 0 Å². The van der Waals surface area contributed by atoms with Crippen LogP contribution in [0.15, 0.2) is 60.7 Å². The van der Waals surface area contributed by atoms with Gasteiger partial charge in [-0.15, -0.1) is 0 Å². The van der Waals surface area contributed by atoms with Crippen LogP contribution in [0.1, 0.15) is 49.3 Å². The van der Waals surface area contributed by atoms with E-state index in [1.165, 1.54) is 17.7 Å². The zero-order valence-electron chi connectivity index (χ0n) is 17.6. The highest BCUT2D eigenvalue weighted by molar-refractivity contribution is 6.02. The van der Waals surface area contributed by atoms with Crippen molar-refractivity contribution in [1.29, 1.82) is 0 Å². The second-order valence-corrected chi connectivity index (χ2v) is 8.50. The highest BCUT2D eigenvalue weighted by Crippen LogP contribution is 2.50. The van der Waals surface area contributed by atoms with Crippen molar-refractivity contribution in [3.8, 4) is 22.6 Å². The predicted molar refractivity (Wildman–Crippen MR) is 120 cm³/mol. The van der Waals surface area contributed by atoms with Gasteiger partial charge in [0.05, 0.1) is 5.41 Å². The Morgan fingerprint density at radius 1 is 0.967 bits per heavy atom. The molecule has 1 saturated carbocycles. The fourth-order valence-corrected chi connectivity index (χ4v) is 3.98. The number of carbonyl (C=O) groups excluding carboxylic acids is 1. The molecule has 4 nitrogen and oxygen atoms in total. The number of aromatic hydroxyl groups is 2. The van der Waals surface area contributed by atoms with Crippen LogP contribution in [0.3, 0.4) is 0 Å². The van der Waals surface area contributed by atoms with Gasteiger partial charge in [0.15, 0.2) is 11.5 Å². The van der Waals surface area contributed by atoms with Crippen molar-refractivity contribution >= 4 is 11.6 Å². The molecule has 3 aromatic rings. The monoisotopic (exact) mass is 401 g/mol. The molecule has 0 aromatic heterocycles. The first kappa shape index (κ1) is 20.0. The van der Waals surface area contributed by atoms with E-state index in [1.54, 1.807) is 6.07 Å². The Bertz CT molecular complexity index is 1110. The molecule has 0 heterocycles. The van der Waals surface area contributed by atoms with E-state index >= 15 is 0 Å². The summed E-state index contributed by atoms with van der Waals surface area (Å²) < 4.78 is 0. The fourth-order valence-electron chi connectivity index (χ4n) is 3.98. The molecule has 3 aromatic carbocycles. The molecule has 4 rings (SSSR count). The molecule has 0 aliphatic heterocycles. The van der Waals surface area contributed by atoms with Gasteiger partial charge in [0.1, 0.15) is 0 Å². The molecule has 30 heavy (non-hydrogen) atoms. The summed E-state index contributed by atoms with van der Waals surface area (Å²) in [5.41, 5.74) is 5.42. The third kappa shape index (κ3) is 3.54. The molecule has 0 atom stereocenters. The van der Waals surface area contributed by atoms with Crippen LogP contribution in [-0.2, 0) is 10.2 Å². The molecule has 1 aliphatic rings. The molecule has 0 unspecified atom stereocenters. The summed E-state index contributed by atoms with van der Waals surface area (Å²) in [5, 5.41) is 22.5. The van der Waals surface area contributed by atoms with Crippen LogP contribution < -0.4 is 5.32 Å². The van der Waals surface area contributed by atoms with Crippen molar-refractivity contribution in [1.82, 2.24) is 0 Å². The zero-order valence-corrected chi connectivity index (χ0v) is 17.6. The average molecular weight is 402 g/mol. The van der Waals surface area contributed by atoms with E-state index in [0.717, 1.165) is 40.8 Å². The van der Waals surface area contributed by atoms with Gasteiger partial charge < -0.3 is 15.5 Å². The first-order valence-corrected chi connectivity index (χ1v) is 10.4. The first-order valence-electron chi connectivity index (χ1n) is 10.4. The Morgan fingerprint density at radius 2 is 1.70 bits per heavy atom. The lowest BCUT2D eigenvalue weighted by Gasteiger charge is -2.19. The number of phenolic OH excluding ortho intramolecular Hbond substituents is 2. The maximum absolute atomic E-state index is 13.2. The van der Waals surface area contributed by atoms with Crippen molar-refractivity contribution in [3.63, 3.8) is 0 Å². The molecule has 1 fully saturated rings. The predicted octanol–water partition coefficient (Wildman–Crippen LogP) is 5.87. The summed E-state index contributed by atoms with van der Waals surface area (Å²) >= 11 is 0. The summed E-state index contributed by atoms with van der Waals surface area (Å²) in [4.78, 5) is 13.2. The van der Waals surface area contributed by atoms with Crippen molar-refractivity contribution in [2.75, 3.05) is 5.32 Å². The molecule has 0 saturated heterocycles. The summed E-state index contributed by atoms with van der Waals surface area (Å²) in [6, 6.07) is 19.1. The van der Waals surface area contributed by atoms with E-state index in [-0.39, 0.29) is 17.4 Å². The maximum Gasteiger partial charge on any atom is 0.235 e. The minimum Gasteiger partial charge on any atom is -0.504 e. The average Bonchev–Trinajstić information content (AvgIpc) is 3.54. The molecule has 3 N–H and O–H groups in total. The van der Waals surface area contributed by atoms with Gasteiger partial charge in [0, 0.05) is 5.69 Å². The van der Waals surface area contributed by atoms with Crippen LogP contribution in [0.4, 0.5) is 5.69 Å². The molecular formula is C26H27NO3. The Balaban J connectivity index is 1.63. The van der Waals surface area contributed by atoms with Crippen LogP contribution in [0.25, 0.3) is 11.1 Å². The number of carbonyl (C=O) groups is 1. The van der Waals surface area contributed by atoms with Gasteiger partial charge in [-0.3, -0.25) is 4.79 Å². The van der Waals surface area contributed by atoms with E-state index in [1.807, 2.05) is 19.1 Å². The Kier molecular flexibility index (Phi) is 5.02. The van der Waals surface area contributed by atoms with Gasteiger partial charge in [-0.2, -0.15) is 0 Å². The highest BCUT2D eigenvalue weighted by Gasteiger charge is 2.51. The van der Waals surface area contributed by atoms with Crippen molar-refractivity contribution in [3.05, 3.63) is 77.4 Å². The number of amides is 1. The van der Waals surface area contributed by atoms with Gasteiger partial charge in [0.25, 0.3) is 0 Å². The number of benzene rings is 3. The van der Waals surface area contributed by atoms with E-state index < -0.39 is 5.41 Å². The Labute approximate surface area is 177 Å².